The molecule has 3 nitrogen and oxygen atoms in total. The van der Waals surface area contributed by atoms with Gasteiger partial charge >= 0.3 is 0 Å². The van der Waals surface area contributed by atoms with Crippen LogP contribution in [-0.2, 0) is 6.54 Å². The number of aliphatic hydroxyl groups excluding tert-OH is 1. The van der Waals surface area contributed by atoms with Gasteiger partial charge in [-0.1, -0.05) is 19.9 Å². The quantitative estimate of drug-likeness (QED) is 0.762. The lowest BCUT2D eigenvalue weighted by atomic mass is 9.88. The van der Waals surface area contributed by atoms with E-state index in [0.29, 0.717) is 17.9 Å². The van der Waals surface area contributed by atoms with Gasteiger partial charge in [-0.2, -0.15) is 0 Å². The van der Waals surface area contributed by atoms with Gasteiger partial charge in [0.25, 0.3) is 0 Å². The van der Waals surface area contributed by atoms with Gasteiger partial charge < -0.3 is 15.2 Å². The van der Waals surface area contributed by atoms with E-state index >= 15 is 0 Å². The zero-order valence-electron chi connectivity index (χ0n) is 12.0. The third-order valence-corrected chi connectivity index (χ3v) is 3.19. The maximum atomic E-state index is 13.7. The van der Waals surface area contributed by atoms with Gasteiger partial charge in [0.2, 0.25) is 0 Å². The molecule has 0 unspecified atom stereocenters. The van der Waals surface area contributed by atoms with Gasteiger partial charge in [0.05, 0.1) is 7.11 Å². The van der Waals surface area contributed by atoms with E-state index in [-0.39, 0.29) is 17.8 Å². The van der Waals surface area contributed by atoms with Crippen LogP contribution >= 0.6 is 0 Å². The smallest absolute Gasteiger partial charge is 0.131 e. The van der Waals surface area contributed by atoms with Gasteiger partial charge in [0.15, 0.2) is 0 Å². The van der Waals surface area contributed by atoms with E-state index in [4.69, 9.17) is 9.84 Å². The van der Waals surface area contributed by atoms with E-state index < -0.39 is 0 Å². The first-order valence-electron chi connectivity index (χ1n) is 6.62. The first-order valence-corrected chi connectivity index (χ1v) is 6.62. The largest absolute Gasteiger partial charge is 0.497 e. The Morgan fingerprint density at radius 3 is 2.68 bits per heavy atom. The Hall–Kier alpha value is -1.13. The van der Waals surface area contributed by atoms with Crippen LogP contribution in [0.15, 0.2) is 18.2 Å². The molecule has 0 aliphatic rings. The Kier molecular flexibility index (Phi) is 6.25. The number of rotatable bonds is 8. The number of ether oxygens (including phenoxy) is 1. The Balaban J connectivity index is 2.44. The summed E-state index contributed by atoms with van der Waals surface area (Å²) in [5.41, 5.74) is 0.741. The van der Waals surface area contributed by atoms with Crippen molar-refractivity contribution in [2.24, 2.45) is 5.41 Å². The molecule has 1 aromatic carbocycles. The molecule has 0 aliphatic carbocycles. The van der Waals surface area contributed by atoms with Crippen molar-refractivity contribution >= 4 is 0 Å². The van der Waals surface area contributed by atoms with Gasteiger partial charge in [-0.25, -0.2) is 4.39 Å². The fourth-order valence-corrected chi connectivity index (χ4v) is 1.98. The summed E-state index contributed by atoms with van der Waals surface area (Å²) in [6.45, 7) is 5.79. The van der Waals surface area contributed by atoms with Crippen LogP contribution in [0, 0.1) is 11.2 Å². The molecule has 0 spiro atoms. The molecule has 0 radical (unpaired) electrons. The van der Waals surface area contributed by atoms with Crippen molar-refractivity contribution in [1.82, 2.24) is 5.32 Å². The second kappa shape index (κ2) is 7.46. The maximum absolute atomic E-state index is 13.7. The molecule has 0 aliphatic heterocycles. The zero-order chi connectivity index (χ0) is 14.3. The maximum Gasteiger partial charge on any atom is 0.131 e. The molecule has 0 bridgehead atoms. The van der Waals surface area contributed by atoms with Gasteiger partial charge in [0, 0.05) is 31.3 Å². The lowest BCUT2D eigenvalue weighted by Gasteiger charge is -2.24. The first kappa shape index (κ1) is 15.9. The van der Waals surface area contributed by atoms with E-state index in [1.165, 1.54) is 13.2 Å². The summed E-state index contributed by atoms with van der Waals surface area (Å²) in [7, 11) is 1.52. The predicted octanol–water partition coefficient (Wildman–Crippen LogP) is 2.72. The van der Waals surface area contributed by atoms with Crippen LogP contribution in [0.5, 0.6) is 5.75 Å². The fourth-order valence-electron chi connectivity index (χ4n) is 1.98. The van der Waals surface area contributed by atoms with Crippen LogP contribution in [0.25, 0.3) is 0 Å². The molecular formula is C15H24FNO2. The number of halogens is 1. The molecule has 4 heteroatoms. The van der Waals surface area contributed by atoms with Crippen LogP contribution in [0.1, 0.15) is 32.3 Å². The molecule has 19 heavy (non-hydrogen) atoms. The Labute approximate surface area is 114 Å². The van der Waals surface area contributed by atoms with Crippen molar-refractivity contribution in [3.8, 4) is 5.75 Å². The van der Waals surface area contributed by atoms with Crippen molar-refractivity contribution in [3.63, 3.8) is 0 Å². The van der Waals surface area contributed by atoms with Gasteiger partial charge in [-0.05, 0) is 24.3 Å². The topological polar surface area (TPSA) is 41.5 Å². The molecular weight excluding hydrogens is 245 g/mol. The first-order chi connectivity index (χ1) is 8.98. The summed E-state index contributed by atoms with van der Waals surface area (Å²) in [4.78, 5) is 0. The van der Waals surface area contributed by atoms with E-state index in [2.05, 4.69) is 19.2 Å². The summed E-state index contributed by atoms with van der Waals surface area (Å²) >= 11 is 0. The monoisotopic (exact) mass is 269 g/mol. The minimum Gasteiger partial charge on any atom is -0.497 e. The van der Waals surface area contributed by atoms with Crippen LogP contribution in [0.2, 0.25) is 0 Å². The second-order valence-electron chi connectivity index (χ2n) is 5.55. The second-order valence-corrected chi connectivity index (χ2v) is 5.55. The van der Waals surface area contributed by atoms with E-state index in [1.807, 2.05) is 0 Å². The number of hydrogen-bond acceptors (Lipinski definition) is 3. The van der Waals surface area contributed by atoms with Crippen LogP contribution in [0.3, 0.4) is 0 Å². The Morgan fingerprint density at radius 2 is 2.11 bits per heavy atom. The summed E-state index contributed by atoms with van der Waals surface area (Å²) in [6.07, 6.45) is 1.74. The summed E-state index contributed by atoms with van der Waals surface area (Å²) in [5, 5.41) is 12.1. The minimum absolute atomic E-state index is 0.103. The summed E-state index contributed by atoms with van der Waals surface area (Å²) in [6, 6.07) is 4.90. The normalized spacial score (nSPS) is 11.6. The van der Waals surface area contributed by atoms with Crippen molar-refractivity contribution in [3.05, 3.63) is 29.6 Å². The number of benzene rings is 1. The third kappa shape index (κ3) is 5.57. The molecule has 1 aromatic rings. The lowest BCUT2D eigenvalue weighted by Crippen LogP contribution is -2.29. The molecule has 108 valence electrons. The minimum atomic E-state index is -0.250. The predicted molar refractivity (Wildman–Crippen MR) is 74.8 cm³/mol. The Bertz CT molecular complexity index is 394. The highest BCUT2D eigenvalue weighted by atomic mass is 19.1. The molecule has 0 amide bonds. The number of aliphatic hydroxyl groups is 1. The zero-order valence-corrected chi connectivity index (χ0v) is 12.0. The molecule has 1 rings (SSSR count). The van der Waals surface area contributed by atoms with Crippen molar-refractivity contribution in [1.29, 1.82) is 0 Å². The van der Waals surface area contributed by atoms with Gasteiger partial charge in [-0.15, -0.1) is 0 Å². The van der Waals surface area contributed by atoms with Gasteiger partial charge in [0.1, 0.15) is 11.6 Å². The number of methoxy groups -OCH3 is 1. The summed E-state index contributed by atoms with van der Waals surface area (Å²) in [5.74, 6) is 0.282. The molecule has 0 saturated carbocycles. The third-order valence-electron chi connectivity index (χ3n) is 3.19. The average molecular weight is 269 g/mol. The highest BCUT2D eigenvalue weighted by molar-refractivity contribution is 5.28. The van der Waals surface area contributed by atoms with Crippen molar-refractivity contribution in [2.45, 2.75) is 33.2 Å². The summed E-state index contributed by atoms with van der Waals surface area (Å²) < 4.78 is 18.7. The molecule has 0 heterocycles. The van der Waals surface area contributed by atoms with Crippen LogP contribution < -0.4 is 10.1 Å². The number of hydrogen-bond donors (Lipinski definition) is 2. The molecule has 0 atom stereocenters. The molecule has 0 fully saturated rings. The highest BCUT2D eigenvalue weighted by Gasteiger charge is 2.16. The lowest BCUT2D eigenvalue weighted by molar-refractivity contribution is 0.236. The number of nitrogens with one attached hydrogen (secondary N) is 1. The van der Waals surface area contributed by atoms with E-state index in [1.54, 1.807) is 12.1 Å². The molecule has 2 N–H and O–H groups in total. The van der Waals surface area contributed by atoms with Crippen molar-refractivity contribution < 1.29 is 14.2 Å². The molecule has 0 aromatic heterocycles. The fraction of sp³-hybridized carbons (Fsp3) is 0.600. The van der Waals surface area contributed by atoms with E-state index in [9.17, 15) is 4.39 Å². The van der Waals surface area contributed by atoms with Crippen LogP contribution in [-0.4, -0.2) is 25.4 Å². The van der Waals surface area contributed by atoms with Gasteiger partial charge in [-0.3, -0.25) is 0 Å². The molecule has 0 saturated heterocycles. The highest BCUT2D eigenvalue weighted by Crippen LogP contribution is 2.21. The van der Waals surface area contributed by atoms with Crippen molar-refractivity contribution in [2.75, 3.05) is 20.3 Å². The average Bonchev–Trinajstić information content (AvgIpc) is 2.38. The Morgan fingerprint density at radius 1 is 1.37 bits per heavy atom. The van der Waals surface area contributed by atoms with Crippen LogP contribution in [0.4, 0.5) is 4.39 Å². The standard InChI is InChI=1S/C15H24FNO2/c1-15(2,7-4-8-18)11-17-10-12-5-6-13(19-3)9-14(12)16/h5-6,9,17-18H,4,7-8,10-11H2,1-3H3. The SMILES string of the molecule is COc1ccc(CNCC(C)(C)CCCO)c(F)c1. The van der Waals surface area contributed by atoms with E-state index in [0.717, 1.165) is 19.4 Å².